The molecule has 0 radical (unpaired) electrons. The summed E-state index contributed by atoms with van der Waals surface area (Å²) in [6.07, 6.45) is 2.20. The summed E-state index contributed by atoms with van der Waals surface area (Å²) in [6, 6.07) is 15.7. The molecule has 0 fully saturated rings. The minimum Gasteiger partial charge on any atom is -0.248 e. The molecule has 0 saturated heterocycles. The maximum absolute atomic E-state index is 5.07. The van der Waals surface area contributed by atoms with E-state index >= 15 is 0 Å². The largest absolute Gasteiger partial charge is 0.248 e. The van der Waals surface area contributed by atoms with E-state index in [9.17, 15) is 0 Å². The third kappa shape index (κ3) is 2.74. The highest BCUT2D eigenvalue weighted by atomic mass is 14.7. The minimum atomic E-state index is 0.236. The first-order valence-corrected chi connectivity index (χ1v) is 9.66. The van der Waals surface area contributed by atoms with Crippen LogP contribution in [-0.2, 0) is 12.8 Å². The zero-order valence-corrected chi connectivity index (χ0v) is 16.9. The van der Waals surface area contributed by atoms with Crippen molar-refractivity contribution in [2.75, 3.05) is 0 Å². The van der Waals surface area contributed by atoms with Gasteiger partial charge in [0, 0.05) is 10.9 Å². The third-order valence-electron chi connectivity index (χ3n) is 6.62. The van der Waals surface area contributed by atoms with Gasteiger partial charge in [-0.3, -0.25) is 0 Å². The standard InChI is InChI=1S/C25H29N/c1-16-10-17(2)12-19(11-16)22-13-20-15-25(5,6)24(3,4)14-18-8-7-9-21(26-22)23(18)20/h7-13H,14-15H2,1-6H3. The lowest BCUT2D eigenvalue weighted by atomic mass is 9.64. The summed E-state index contributed by atoms with van der Waals surface area (Å²) in [5, 5.41) is 1.39. The summed E-state index contributed by atoms with van der Waals surface area (Å²) in [7, 11) is 0. The van der Waals surface area contributed by atoms with Crippen LogP contribution in [0.1, 0.15) is 49.9 Å². The highest BCUT2D eigenvalue weighted by Gasteiger charge is 2.40. The Kier molecular flexibility index (Phi) is 3.77. The summed E-state index contributed by atoms with van der Waals surface area (Å²) in [5.41, 5.74) is 9.45. The van der Waals surface area contributed by atoms with Gasteiger partial charge in [-0.15, -0.1) is 0 Å². The molecular weight excluding hydrogens is 314 g/mol. The van der Waals surface area contributed by atoms with E-state index in [-0.39, 0.29) is 10.8 Å². The quantitative estimate of drug-likeness (QED) is 0.481. The van der Waals surface area contributed by atoms with Gasteiger partial charge in [-0.1, -0.05) is 57.0 Å². The average molecular weight is 344 g/mol. The van der Waals surface area contributed by atoms with Crippen molar-refractivity contribution in [2.24, 2.45) is 10.8 Å². The Balaban J connectivity index is 1.99. The first-order chi connectivity index (χ1) is 12.2. The van der Waals surface area contributed by atoms with E-state index in [4.69, 9.17) is 4.98 Å². The Morgan fingerprint density at radius 1 is 0.769 bits per heavy atom. The summed E-state index contributed by atoms with van der Waals surface area (Å²) in [4.78, 5) is 5.07. The lowest BCUT2D eigenvalue weighted by molar-refractivity contribution is 0.113. The second-order valence-electron chi connectivity index (χ2n) is 9.48. The molecule has 1 heterocycles. The highest BCUT2D eigenvalue weighted by molar-refractivity contribution is 5.89. The SMILES string of the molecule is Cc1cc(C)cc(-c2cc3c4c(cccc4n2)CC(C)(C)C(C)(C)C3)c1. The van der Waals surface area contributed by atoms with Gasteiger partial charge >= 0.3 is 0 Å². The Morgan fingerprint density at radius 2 is 1.38 bits per heavy atom. The number of benzene rings is 2. The molecule has 0 amide bonds. The molecule has 26 heavy (non-hydrogen) atoms. The van der Waals surface area contributed by atoms with E-state index in [0.29, 0.717) is 0 Å². The van der Waals surface area contributed by atoms with Gasteiger partial charge in [0.15, 0.2) is 0 Å². The Bertz CT molecular complexity index is 988. The van der Waals surface area contributed by atoms with Crippen molar-refractivity contribution in [1.29, 1.82) is 0 Å². The Labute approximate surface area is 157 Å². The molecule has 0 spiro atoms. The molecule has 0 saturated carbocycles. The molecule has 0 N–H and O–H groups in total. The molecule has 1 aliphatic rings. The zero-order chi connectivity index (χ0) is 18.7. The minimum absolute atomic E-state index is 0.236. The topological polar surface area (TPSA) is 12.9 Å². The van der Waals surface area contributed by atoms with E-state index in [1.807, 2.05) is 0 Å². The van der Waals surface area contributed by atoms with Crippen molar-refractivity contribution in [3.63, 3.8) is 0 Å². The van der Waals surface area contributed by atoms with Crippen LogP contribution in [0.3, 0.4) is 0 Å². The summed E-state index contributed by atoms with van der Waals surface area (Å²) < 4.78 is 0. The highest BCUT2D eigenvalue weighted by Crippen LogP contribution is 2.48. The molecule has 1 nitrogen and oxygen atoms in total. The van der Waals surface area contributed by atoms with Crippen LogP contribution < -0.4 is 0 Å². The van der Waals surface area contributed by atoms with E-state index in [0.717, 1.165) is 24.1 Å². The molecule has 0 aliphatic heterocycles. The molecule has 3 aromatic rings. The van der Waals surface area contributed by atoms with Crippen LogP contribution in [0.25, 0.3) is 22.2 Å². The van der Waals surface area contributed by atoms with E-state index in [2.05, 4.69) is 84.0 Å². The van der Waals surface area contributed by atoms with Gasteiger partial charge in [-0.2, -0.15) is 0 Å². The van der Waals surface area contributed by atoms with Gasteiger partial charge in [-0.25, -0.2) is 4.98 Å². The Hall–Kier alpha value is -2.15. The zero-order valence-electron chi connectivity index (χ0n) is 16.9. The Morgan fingerprint density at radius 3 is 2.04 bits per heavy atom. The van der Waals surface area contributed by atoms with E-state index in [1.165, 1.54) is 33.2 Å². The van der Waals surface area contributed by atoms with Gasteiger partial charge in [0.2, 0.25) is 0 Å². The first kappa shape index (κ1) is 17.3. The number of aromatic nitrogens is 1. The third-order valence-corrected chi connectivity index (χ3v) is 6.62. The number of hydrogen-bond donors (Lipinski definition) is 0. The lowest BCUT2D eigenvalue weighted by Crippen LogP contribution is -2.35. The molecule has 0 atom stereocenters. The van der Waals surface area contributed by atoms with Crippen molar-refractivity contribution in [3.8, 4) is 11.3 Å². The van der Waals surface area contributed by atoms with E-state index < -0.39 is 0 Å². The van der Waals surface area contributed by atoms with Gasteiger partial charge in [0.05, 0.1) is 11.2 Å². The predicted octanol–water partition coefficient (Wildman–Crippen LogP) is 6.67. The van der Waals surface area contributed by atoms with Gasteiger partial charge in [0.1, 0.15) is 0 Å². The van der Waals surface area contributed by atoms with Crippen LogP contribution in [0.4, 0.5) is 0 Å². The number of rotatable bonds is 1. The smallest absolute Gasteiger partial charge is 0.0715 e. The molecule has 1 aromatic heterocycles. The van der Waals surface area contributed by atoms with Gasteiger partial charge < -0.3 is 0 Å². The van der Waals surface area contributed by atoms with E-state index in [1.54, 1.807) is 0 Å². The van der Waals surface area contributed by atoms with Crippen LogP contribution >= 0.6 is 0 Å². The molecule has 0 bridgehead atoms. The number of pyridine rings is 1. The normalized spacial score (nSPS) is 17.9. The van der Waals surface area contributed by atoms with Crippen LogP contribution in [0, 0.1) is 24.7 Å². The molecular formula is C25H29N. The van der Waals surface area contributed by atoms with Crippen LogP contribution in [-0.4, -0.2) is 4.98 Å². The molecule has 1 heteroatoms. The van der Waals surface area contributed by atoms with Crippen molar-refractivity contribution in [1.82, 2.24) is 4.98 Å². The lowest BCUT2D eigenvalue weighted by Gasteiger charge is -2.40. The number of aryl methyl sites for hydroxylation is 2. The molecule has 2 aromatic carbocycles. The number of hydrogen-bond acceptors (Lipinski definition) is 1. The summed E-state index contributed by atoms with van der Waals surface area (Å²) in [5.74, 6) is 0. The van der Waals surface area contributed by atoms with Crippen LogP contribution in [0.5, 0.6) is 0 Å². The second-order valence-corrected chi connectivity index (χ2v) is 9.48. The van der Waals surface area contributed by atoms with Crippen LogP contribution in [0.2, 0.25) is 0 Å². The van der Waals surface area contributed by atoms with Gasteiger partial charge in [0.25, 0.3) is 0 Å². The predicted molar refractivity (Wildman–Crippen MR) is 112 cm³/mol. The molecule has 134 valence electrons. The van der Waals surface area contributed by atoms with Gasteiger partial charge in [-0.05, 0) is 72.9 Å². The molecule has 1 aliphatic carbocycles. The first-order valence-electron chi connectivity index (χ1n) is 9.66. The van der Waals surface area contributed by atoms with Crippen molar-refractivity contribution >= 4 is 10.9 Å². The fourth-order valence-electron chi connectivity index (χ4n) is 4.44. The number of nitrogens with zero attached hydrogens (tertiary/aromatic N) is 1. The maximum Gasteiger partial charge on any atom is 0.0715 e. The summed E-state index contributed by atoms with van der Waals surface area (Å²) in [6.45, 7) is 14.0. The second kappa shape index (κ2) is 5.67. The monoisotopic (exact) mass is 343 g/mol. The van der Waals surface area contributed by atoms with Crippen LogP contribution in [0.15, 0.2) is 42.5 Å². The fraction of sp³-hybridized carbons (Fsp3) is 0.400. The van der Waals surface area contributed by atoms with Crippen molar-refractivity contribution in [2.45, 2.75) is 54.4 Å². The summed E-state index contributed by atoms with van der Waals surface area (Å²) >= 11 is 0. The molecule has 4 rings (SSSR count). The molecule has 0 unspecified atom stereocenters. The van der Waals surface area contributed by atoms with Crippen molar-refractivity contribution < 1.29 is 0 Å². The maximum atomic E-state index is 5.07. The fourth-order valence-corrected chi connectivity index (χ4v) is 4.44. The van der Waals surface area contributed by atoms with Crippen molar-refractivity contribution in [3.05, 3.63) is 64.7 Å². The average Bonchev–Trinajstić information content (AvgIpc) is 2.59.